The van der Waals surface area contributed by atoms with Crippen molar-refractivity contribution in [2.75, 3.05) is 4.90 Å². The molecule has 3 nitrogen and oxygen atoms in total. The maximum Gasteiger partial charge on any atom is 0.136 e. The summed E-state index contributed by atoms with van der Waals surface area (Å²) in [6, 6.07) is 64.9. The van der Waals surface area contributed by atoms with Crippen molar-refractivity contribution in [2.24, 2.45) is 0 Å². The van der Waals surface area contributed by atoms with Gasteiger partial charge in [0.05, 0.1) is 16.7 Å². The smallest absolute Gasteiger partial charge is 0.136 e. The summed E-state index contributed by atoms with van der Waals surface area (Å²) >= 11 is 0. The summed E-state index contributed by atoms with van der Waals surface area (Å²) in [7, 11) is 0. The predicted octanol–water partition coefficient (Wildman–Crippen LogP) is 13.0. The maximum atomic E-state index is 6.21. The Morgan fingerprint density at radius 3 is 1.88 bits per heavy atom. The highest BCUT2D eigenvalue weighted by Crippen LogP contribution is 2.44. The van der Waals surface area contributed by atoms with Crippen molar-refractivity contribution in [3.8, 4) is 16.8 Å². The second-order valence-electron chi connectivity index (χ2n) is 12.5. The fourth-order valence-corrected chi connectivity index (χ4v) is 7.67. The van der Waals surface area contributed by atoms with Crippen LogP contribution in [0.3, 0.4) is 0 Å². The second-order valence-corrected chi connectivity index (χ2v) is 12.5. The van der Waals surface area contributed by atoms with Gasteiger partial charge in [-0.15, -0.1) is 0 Å². The van der Waals surface area contributed by atoms with Crippen LogP contribution >= 0.6 is 0 Å². The number of nitrogens with zero attached hydrogens (tertiary/aromatic N) is 2. The molecule has 0 atom stereocenters. The zero-order valence-electron chi connectivity index (χ0n) is 26.6. The Bertz CT molecular complexity index is 2810. The molecule has 0 fully saturated rings. The topological polar surface area (TPSA) is 21.3 Å². The van der Waals surface area contributed by atoms with Crippen LogP contribution in [0.15, 0.2) is 186 Å². The molecule has 0 N–H and O–H groups in total. The Labute approximate surface area is 283 Å². The summed E-state index contributed by atoms with van der Waals surface area (Å²) in [6.45, 7) is 0. The molecule has 2 aromatic heterocycles. The minimum absolute atomic E-state index is 0.919. The highest BCUT2D eigenvalue weighted by molar-refractivity contribution is 6.21. The maximum absolute atomic E-state index is 6.21. The monoisotopic (exact) mass is 626 g/mol. The van der Waals surface area contributed by atoms with Gasteiger partial charge >= 0.3 is 0 Å². The lowest BCUT2D eigenvalue weighted by molar-refractivity contribution is 0.669. The number of aromatic nitrogens is 1. The van der Waals surface area contributed by atoms with Gasteiger partial charge in [0.2, 0.25) is 0 Å². The van der Waals surface area contributed by atoms with Crippen LogP contribution in [0.5, 0.6) is 0 Å². The lowest BCUT2D eigenvalue weighted by Crippen LogP contribution is -2.10. The average Bonchev–Trinajstić information content (AvgIpc) is 3.72. The van der Waals surface area contributed by atoms with E-state index in [9.17, 15) is 0 Å². The van der Waals surface area contributed by atoms with Crippen molar-refractivity contribution in [1.82, 2.24) is 4.57 Å². The van der Waals surface area contributed by atoms with E-state index in [1.54, 1.807) is 0 Å². The van der Waals surface area contributed by atoms with Crippen molar-refractivity contribution in [2.45, 2.75) is 0 Å². The zero-order chi connectivity index (χ0) is 32.3. The van der Waals surface area contributed by atoms with Crippen molar-refractivity contribution < 1.29 is 4.42 Å². The van der Waals surface area contributed by atoms with Gasteiger partial charge in [-0.1, -0.05) is 115 Å². The van der Waals surface area contributed by atoms with Crippen LogP contribution in [0.1, 0.15) is 0 Å². The van der Waals surface area contributed by atoms with E-state index < -0.39 is 0 Å². The largest absolute Gasteiger partial charge is 0.456 e. The average molecular weight is 627 g/mol. The molecular formula is C46H30N2O. The van der Waals surface area contributed by atoms with E-state index in [4.69, 9.17) is 4.42 Å². The molecule has 3 heteroatoms. The van der Waals surface area contributed by atoms with Crippen LogP contribution in [0.4, 0.5) is 17.1 Å². The Hall–Kier alpha value is -6.58. The zero-order valence-corrected chi connectivity index (χ0v) is 26.6. The van der Waals surface area contributed by atoms with Gasteiger partial charge in [-0.3, -0.25) is 0 Å². The van der Waals surface area contributed by atoms with E-state index in [1.165, 1.54) is 49.1 Å². The number of hydrogen-bond donors (Lipinski definition) is 0. The number of benzene rings is 8. The molecule has 8 aromatic carbocycles. The van der Waals surface area contributed by atoms with Crippen molar-refractivity contribution in [3.63, 3.8) is 0 Å². The van der Waals surface area contributed by atoms with Crippen LogP contribution in [-0.2, 0) is 0 Å². The highest BCUT2D eigenvalue weighted by Gasteiger charge is 2.21. The molecule has 0 saturated heterocycles. The first-order valence-corrected chi connectivity index (χ1v) is 16.7. The third-order valence-electron chi connectivity index (χ3n) is 9.78. The minimum Gasteiger partial charge on any atom is -0.456 e. The van der Waals surface area contributed by atoms with Crippen LogP contribution in [-0.4, -0.2) is 4.57 Å². The summed E-state index contributed by atoms with van der Waals surface area (Å²) in [5.41, 5.74) is 11.1. The predicted molar refractivity (Wildman–Crippen MR) is 206 cm³/mol. The molecule has 0 radical (unpaired) electrons. The van der Waals surface area contributed by atoms with E-state index in [0.29, 0.717) is 0 Å². The van der Waals surface area contributed by atoms with Crippen molar-refractivity contribution >= 4 is 71.6 Å². The summed E-state index contributed by atoms with van der Waals surface area (Å²) in [4.78, 5) is 2.39. The van der Waals surface area contributed by atoms with Gasteiger partial charge < -0.3 is 13.9 Å². The van der Waals surface area contributed by atoms with Gasteiger partial charge in [0.25, 0.3) is 0 Å². The normalized spacial score (nSPS) is 11.7. The van der Waals surface area contributed by atoms with Crippen LogP contribution < -0.4 is 4.90 Å². The lowest BCUT2D eigenvalue weighted by atomic mass is 9.95. The van der Waals surface area contributed by atoms with Gasteiger partial charge in [-0.05, 0) is 88.6 Å². The summed E-state index contributed by atoms with van der Waals surface area (Å²) in [5, 5.41) is 7.19. The summed E-state index contributed by atoms with van der Waals surface area (Å²) in [6.07, 6.45) is 0. The Morgan fingerprint density at radius 2 is 1.04 bits per heavy atom. The van der Waals surface area contributed by atoms with Gasteiger partial charge in [0.15, 0.2) is 0 Å². The van der Waals surface area contributed by atoms with Crippen LogP contribution in [0.25, 0.3) is 71.3 Å². The number of fused-ring (bicyclic) bond motifs is 8. The van der Waals surface area contributed by atoms with Gasteiger partial charge in [0, 0.05) is 38.6 Å². The third-order valence-corrected chi connectivity index (χ3v) is 9.78. The first-order chi connectivity index (χ1) is 24.3. The molecule has 10 rings (SSSR count). The molecule has 0 unspecified atom stereocenters. The van der Waals surface area contributed by atoms with Crippen molar-refractivity contribution in [1.29, 1.82) is 0 Å². The second kappa shape index (κ2) is 11.0. The molecule has 0 saturated carbocycles. The summed E-state index contributed by atoms with van der Waals surface area (Å²) < 4.78 is 8.59. The van der Waals surface area contributed by atoms with E-state index in [2.05, 4.69) is 179 Å². The molecule has 0 amide bonds. The fourth-order valence-electron chi connectivity index (χ4n) is 7.67. The molecule has 10 aromatic rings. The summed E-state index contributed by atoms with van der Waals surface area (Å²) in [5.74, 6) is 0. The molecule has 49 heavy (non-hydrogen) atoms. The van der Waals surface area contributed by atoms with Gasteiger partial charge in [0.1, 0.15) is 11.2 Å². The molecular weight excluding hydrogens is 597 g/mol. The molecule has 0 aliphatic heterocycles. The molecule has 0 aliphatic carbocycles. The Kier molecular flexibility index (Phi) is 6.18. The van der Waals surface area contributed by atoms with E-state index in [1.807, 2.05) is 12.1 Å². The van der Waals surface area contributed by atoms with Crippen molar-refractivity contribution in [3.05, 3.63) is 182 Å². The van der Waals surface area contributed by atoms with Gasteiger partial charge in [-0.2, -0.15) is 0 Å². The van der Waals surface area contributed by atoms with Crippen LogP contribution in [0.2, 0.25) is 0 Å². The highest BCUT2D eigenvalue weighted by atomic mass is 16.3. The number of hydrogen-bond acceptors (Lipinski definition) is 2. The molecule has 230 valence electrons. The number of furan rings is 1. The Morgan fingerprint density at radius 1 is 0.388 bits per heavy atom. The van der Waals surface area contributed by atoms with Crippen LogP contribution in [0, 0.1) is 0 Å². The first-order valence-electron chi connectivity index (χ1n) is 16.7. The number of rotatable bonds is 5. The quantitative estimate of drug-likeness (QED) is 0.190. The molecule has 0 bridgehead atoms. The Balaban J connectivity index is 1.16. The molecule has 0 aliphatic rings. The standard InChI is InChI=1S/C46H30N2O/c1-3-13-32(14-4-1)47(41-22-12-23-42-46(41)38-17-7-9-21-40(38)48(42)33-15-5-2-6-16-33)34-27-25-31(26-28-34)35-19-11-20-37-36(35)29-30-44-45(37)39-18-8-10-24-43(39)49-44/h1-30H. The van der Waals surface area contributed by atoms with E-state index >= 15 is 0 Å². The van der Waals surface area contributed by atoms with E-state index in [-0.39, 0.29) is 0 Å². The lowest BCUT2D eigenvalue weighted by Gasteiger charge is -2.26. The number of para-hydroxylation sites is 4. The SMILES string of the molecule is c1ccc(N(c2ccc(-c3cccc4c3ccc3oc5ccccc5c34)cc2)c2cccc3c2c2ccccc2n3-c2ccccc2)cc1. The van der Waals surface area contributed by atoms with E-state index in [0.717, 1.165) is 39.3 Å². The third kappa shape index (κ3) is 4.29. The molecule has 2 heterocycles. The number of anilines is 3. The fraction of sp³-hybridized carbons (Fsp3) is 0. The van der Waals surface area contributed by atoms with Gasteiger partial charge in [-0.25, -0.2) is 0 Å². The first kappa shape index (κ1) is 27.5. The minimum atomic E-state index is 0.919. The molecule has 0 spiro atoms.